The average Bonchev–Trinajstić information content (AvgIpc) is 3.60. The van der Waals surface area contributed by atoms with Crippen LogP contribution in [0.25, 0.3) is 27.7 Å². The number of nitrogens with one attached hydrogen (secondary N) is 3. The van der Waals surface area contributed by atoms with Crippen LogP contribution in [0.2, 0.25) is 0 Å². The molecule has 1 aliphatic heterocycles. The molecule has 2 saturated carbocycles. The largest absolute Gasteiger partial charge is 0.379 e. The van der Waals surface area contributed by atoms with Crippen molar-refractivity contribution in [2.24, 2.45) is 5.92 Å². The van der Waals surface area contributed by atoms with Crippen LogP contribution in [-0.4, -0.2) is 86.2 Å². The van der Waals surface area contributed by atoms with Gasteiger partial charge in [0.15, 0.2) is 0 Å². The van der Waals surface area contributed by atoms with Crippen molar-refractivity contribution < 1.29 is 18.3 Å². The highest BCUT2D eigenvalue weighted by atomic mass is 19.3. The van der Waals surface area contributed by atoms with Gasteiger partial charge in [-0.15, -0.1) is 0 Å². The van der Waals surface area contributed by atoms with Crippen LogP contribution in [0.4, 0.5) is 14.6 Å². The number of hydrogen-bond donors (Lipinski definition) is 3. The van der Waals surface area contributed by atoms with Gasteiger partial charge in [-0.2, -0.15) is 5.10 Å². The van der Waals surface area contributed by atoms with E-state index in [-0.39, 0.29) is 31.2 Å². The molecule has 12 heteroatoms. The molecule has 0 bridgehead atoms. The molecule has 1 saturated heterocycles. The number of carbonyl (C=O) groups excluding carboxylic acids is 1. The smallest absolute Gasteiger partial charge is 0.255 e. The monoisotopic (exact) mass is 564 g/mol. The lowest BCUT2D eigenvalue weighted by Gasteiger charge is -2.39. The summed E-state index contributed by atoms with van der Waals surface area (Å²) in [6.07, 6.45) is 10.9. The number of nitrogens with zero attached hydrogens (tertiary/aromatic N) is 5. The van der Waals surface area contributed by atoms with Gasteiger partial charge in [0, 0.05) is 62.5 Å². The summed E-state index contributed by atoms with van der Waals surface area (Å²) in [7, 11) is 0. The number of anilines is 1. The Labute approximate surface area is 235 Å². The van der Waals surface area contributed by atoms with E-state index in [2.05, 4.69) is 35.6 Å². The first-order valence-corrected chi connectivity index (χ1v) is 14.5. The number of carbonyl (C=O) groups is 1. The van der Waals surface area contributed by atoms with Gasteiger partial charge in [0.25, 0.3) is 5.91 Å². The molecule has 0 aromatic carbocycles. The molecule has 5 heterocycles. The van der Waals surface area contributed by atoms with Crippen molar-refractivity contribution in [1.82, 2.24) is 34.8 Å². The molecule has 3 fully saturated rings. The fourth-order valence-electron chi connectivity index (χ4n) is 6.61. The van der Waals surface area contributed by atoms with Crippen LogP contribution in [0, 0.1) is 5.92 Å². The number of fused-ring (bicyclic) bond motifs is 2. The van der Waals surface area contributed by atoms with Crippen molar-refractivity contribution in [3.05, 3.63) is 42.6 Å². The number of H-pyrrole nitrogens is 1. The molecule has 4 aromatic heterocycles. The summed E-state index contributed by atoms with van der Waals surface area (Å²) < 4.78 is 33.5. The van der Waals surface area contributed by atoms with Gasteiger partial charge in [-0.25, -0.2) is 23.3 Å². The number of rotatable bonds is 7. The number of hydrogen-bond acceptors (Lipinski definition) is 7. The summed E-state index contributed by atoms with van der Waals surface area (Å²) >= 11 is 0. The van der Waals surface area contributed by atoms with E-state index in [9.17, 15) is 13.6 Å². The Kier molecular flexibility index (Phi) is 6.82. The van der Waals surface area contributed by atoms with Gasteiger partial charge in [0.2, 0.25) is 5.92 Å². The highest BCUT2D eigenvalue weighted by molar-refractivity contribution is 6.04. The second kappa shape index (κ2) is 10.6. The van der Waals surface area contributed by atoms with Crippen LogP contribution in [0.15, 0.2) is 37.1 Å². The molecular weight excluding hydrogens is 530 g/mol. The number of pyridine rings is 1. The molecule has 4 aromatic rings. The third-order valence-electron chi connectivity index (χ3n) is 8.87. The predicted octanol–water partition coefficient (Wildman–Crippen LogP) is 4.10. The maximum Gasteiger partial charge on any atom is 0.255 e. The third kappa shape index (κ3) is 5.26. The molecule has 1 amide bonds. The molecule has 41 heavy (non-hydrogen) atoms. The Morgan fingerprint density at radius 2 is 1.95 bits per heavy atom. The fourth-order valence-corrected chi connectivity index (χ4v) is 6.61. The Morgan fingerprint density at radius 3 is 2.73 bits per heavy atom. The number of ether oxygens (including phenoxy) is 1. The topological polar surface area (TPSA) is 112 Å². The third-order valence-corrected chi connectivity index (χ3v) is 8.87. The number of halogens is 2. The number of aromatic nitrogens is 5. The molecule has 216 valence electrons. The molecule has 2 aliphatic carbocycles. The molecular formula is C29H34F2N8O2. The van der Waals surface area contributed by atoms with E-state index < -0.39 is 5.92 Å². The van der Waals surface area contributed by atoms with Crippen LogP contribution < -0.4 is 10.6 Å². The summed E-state index contributed by atoms with van der Waals surface area (Å²) in [5, 5.41) is 11.7. The van der Waals surface area contributed by atoms with Crippen molar-refractivity contribution in [3.8, 4) is 11.1 Å². The molecule has 7 rings (SSSR count). The van der Waals surface area contributed by atoms with Crippen molar-refractivity contribution >= 4 is 28.3 Å². The Balaban J connectivity index is 1.09. The minimum Gasteiger partial charge on any atom is -0.379 e. The van der Waals surface area contributed by atoms with Crippen LogP contribution in [0.1, 0.15) is 48.9 Å². The summed E-state index contributed by atoms with van der Waals surface area (Å²) in [4.78, 5) is 27.9. The molecule has 0 radical (unpaired) electrons. The van der Waals surface area contributed by atoms with Crippen LogP contribution in [0.3, 0.4) is 0 Å². The normalized spacial score (nSPS) is 23.5. The van der Waals surface area contributed by atoms with Crippen molar-refractivity contribution in [1.29, 1.82) is 0 Å². The van der Waals surface area contributed by atoms with Gasteiger partial charge in [0.1, 0.15) is 17.8 Å². The van der Waals surface area contributed by atoms with Crippen LogP contribution in [-0.2, 0) is 4.74 Å². The molecule has 3 aliphatic rings. The summed E-state index contributed by atoms with van der Waals surface area (Å²) in [6, 6.07) is 4.82. The maximum absolute atomic E-state index is 13.2. The summed E-state index contributed by atoms with van der Waals surface area (Å²) in [5.74, 6) is -2.32. The fraction of sp³-hybridized carbons (Fsp3) is 0.517. The minimum absolute atomic E-state index is 0.180. The SMILES string of the molecule is O=C(NCC1CC(F)(F)C1)c1cnn2ccc(-c3c[nH]c4ncnc(NC5CCC(N6CCOCC6)CC5)c34)cc12. The zero-order chi connectivity index (χ0) is 28.0. The minimum atomic E-state index is -2.60. The standard InChI is InChI=1S/C29H34F2N8O2/c30-29(31)12-18(13-29)14-33-28(40)23-16-36-39-6-5-19(11-24(23)39)22-15-32-26-25(22)27(35-17-34-26)37-20-1-3-21(4-2-20)38-7-9-41-10-8-38/h5-6,11,15-18,20-21H,1-4,7-10,12-14H2,(H,33,40)(H2,32,34,35,37). The number of alkyl halides is 2. The van der Waals surface area contributed by atoms with E-state index in [1.807, 2.05) is 24.5 Å². The van der Waals surface area contributed by atoms with Crippen molar-refractivity contribution in [2.75, 3.05) is 38.2 Å². The summed E-state index contributed by atoms with van der Waals surface area (Å²) in [6.45, 7) is 3.92. The van der Waals surface area contributed by atoms with Gasteiger partial charge in [-0.05, 0) is 49.3 Å². The van der Waals surface area contributed by atoms with E-state index in [0.717, 1.165) is 80.0 Å². The van der Waals surface area contributed by atoms with Crippen LogP contribution in [0.5, 0.6) is 0 Å². The van der Waals surface area contributed by atoms with Gasteiger partial charge in [-0.3, -0.25) is 9.69 Å². The predicted molar refractivity (Wildman–Crippen MR) is 150 cm³/mol. The number of amides is 1. The van der Waals surface area contributed by atoms with E-state index in [0.29, 0.717) is 23.2 Å². The lowest BCUT2D eigenvalue weighted by atomic mass is 9.81. The Hall–Kier alpha value is -3.64. The first-order chi connectivity index (χ1) is 19.9. The summed E-state index contributed by atoms with van der Waals surface area (Å²) in [5.41, 5.74) is 3.61. The van der Waals surface area contributed by atoms with E-state index in [1.54, 1.807) is 10.8 Å². The highest BCUT2D eigenvalue weighted by Crippen LogP contribution is 2.42. The van der Waals surface area contributed by atoms with Gasteiger partial charge in [-0.1, -0.05) is 0 Å². The van der Waals surface area contributed by atoms with E-state index in [1.165, 1.54) is 6.20 Å². The Morgan fingerprint density at radius 1 is 1.15 bits per heavy atom. The molecule has 0 atom stereocenters. The zero-order valence-corrected chi connectivity index (χ0v) is 22.8. The van der Waals surface area contributed by atoms with Gasteiger partial charge >= 0.3 is 0 Å². The number of aromatic amines is 1. The van der Waals surface area contributed by atoms with Gasteiger partial charge < -0.3 is 20.4 Å². The lowest BCUT2D eigenvalue weighted by molar-refractivity contribution is -0.108. The Bertz CT molecular complexity index is 1550. The van der Waals surface area contributed by atoms with E-state index >= 15 is 0 Å². The molecule has 10 nitrogen and oxygen atoms in total. The first-order valence-electron chi connectivity index (χ1n) is 14.5. The second-order valence-corrected chi connectivity index (χ2v) is 11.6. The average molecular weight is 565 g/mol. The highest BCUT2D eigenvalue weighted by Gasteiger charge is 2.45. The zero-order valence-electron chi connectivity index (χ0n) is 22.8. The van der Waals surface area contributed by atoms with Gasteiger partial charge in [0.05, 0.1) is 35.9 Å². The van der Waals surface area contributed by atoms with E-state index in [4.69, 9.17) is 4.74 Å². The molecule has 0 spiro atoms. The quantitative estimate of drug-likeness (QED) is 0.310. The second-order valence-electron chi connectivity index (χ2n) is 11.6. The molecule has 0 unspecified atom stereocenters. The van der Waals surface area contributed by atoms with Crippen molar-refractivity contribution in [2.45, 2.75) is 56.5 Å². The lowest BCUT2D eigenvalue weighted by Crippen LogP contribution is -2.46. The number of morpholine rings is 1. The molecule has 3 N–H and O–H groups in total. The van der Waals surface area contributed by atoms with Crippen molar-refractivity contribution in [3.63, 3.8) is 0 Å². The van der Waals surface area contributed by atoms with Crippen LogP contribution >= 0.6 is 0 Å². The first kappa shape index (κ1) is 26.3. The maximum atomic E-state index is 13.2.